The Morgan fingerprint density at radius 2 is 1.75 bits per heavy atom. The highest BCUT2D eigenvalue weighted by Crippen LogP contribution is 2.30. The van der Waals surface area contributed by atoms with E-state index in [2.05, 4.69) is 56.9 Å². The molecule has 0 bridgehead atoms. The molecule has 0 saturated carbocycles. The largest absolute Gasteiger partial charge is 0.369 e. The monoisotopic (exact) mass is 438 g/mol. The molecule has 0 aromatic heterocycles. The summed E-state index contributed by atoms with van der Waals surface area (Å²) in [4.78, 5) is 15.5. The van der Waals surface area contributed by atoms with Crippen LogP contribution in [0.25, 0.3) is 0 Å². The number of anilines is 3. The molecule has 0 unspecified atom stereocenters. The first-order valence-corrected chi connectivity index (χ1v) is 8.85. The van der Waals surface area contributed by atoms with Gasteiger partial charge in [0.25, 0.3) is 5.69 Å². The minimum Gasteiger partial charge on any atom is -0.369 e. The number of hydrogen-bond acceptors (Lipinski definition) is 5. The fourth-order valence-corrected chi connectivity index (χ4v) is 3.21. The predicted octanol–water partition coefficient (Wildman–Crippen LogP) is 3.69. The third-order valence-corrected chi connectivity index (χ3v) is 4.84. The molecule has 1 aliphatic heterocycles. The summed E-state index contributed by atoms with van der Waals surface area (Å²) < 4.78 is 0.843. The summed E-state index contributed by atoms with van der Waals surface area (Å²) in [7, 11) is 2.14. The van der Waals surface area contributed by atoms with Crippen LogP contribution in [0.1, 0.15) is 0 Å². The molecule has 1 N–H and O–H groups in total. The van der Waals surface area contributed by atoms with Gasteiger partial charge in [-0.25, -0.2) is 0 Å². The van der Waals surface area contributed by atoms with Crippen molar-refractivity contribution in [2.75, 3.05) is 43.4 Å². The molecule has 0 radical (unpaired) electrons. The Morgan fingerprint density at radius 1 is 1.08 bits per heavy atom. The van der Waals surface area contributed by atoms with Crippen molar-refractivity contribution in [2.45, 2.75) is 0 Å². The summed E-state index contributed by atoms with van der Waals surface area (Å²) in [5.74, 6) is 0. The maximum absolute atomic E-state index is 11.2. The highest BCUT2D eigenvalue weighted by atomic mass is 127. The lowest BCUT2D eigenvalue weighted by Gasteiger charge is -2.34. The Hall–Kier alpha value is -1.87. The first-order valence-electron chi connectivity index (χ1n) is 7.77. The van der Waals surface area contributed by atoms with Crippen molar-refractivity contribution >= 4 is 45.3 Å². The van der Waals surface area contributed by atoms with Gasteiger partial charge >= 0.3 is 0 Å². The van der Waals surface area contributed by atoms with Crippen LogP contribution in [-0.4, -0.2) is 43.0 Å². The Morgan fingerprint density at radius 3 is 2.38 bits per heavy atom. The fraction of sp³-hybridized carbons (Fsp3) is 0.294. The molecule has 3 rings (SSSR count). The zero-order valence-corrected chi connectivity index (χ0v) is 15.6. The highest BCUT2D eigenvalue weighted by Gasteiger charge is 2.16. The number of halogens is 1. The van der Waals surface area contributed by atoms with Crippen molar-refractivity contribution in [3.8, 4) is 0 Å². The summed E-state index contributed by atoms with van der Waals surface area (Å²) in [5.41, 5.74) is 2.63. The summed E-state index contributed by atoms with van der Waals surface area (Å²) in [5, 5.41) is 14.3. The van der Waals surface area contributed by atoms with E-state index in [1.54, 1.807) is 12.1 Å². The molecular formula is C17H19IN4O2. The average Bonchev–Trinajstić information content (AvgIpc) is 2.58. The van der Waals surface area contributed by atoms with E-state index in [9.17, 15) is 10.1 Å². The van der Waals surface area contributed by atoms with Crippen LogP contribution in [0.3, 0.4) is 0 Å². The van der Waals surface area contributed by atoms with Gasteiger partial charge in [-0.15, -0.1) is 0 Å². The lowest BCUT2D eigenvalue weighted by atomic mass is 10.2. The number of nitro groups is 1. The van der Waals surface area contributed by atoms with E-state index in [0.717, 1.165) is 35.4 Å². The molecule has 0 amide bonds. The Kier molecular flexibility index (Phi) is 5.20. The lowest BCUT2D eigenvalue weighted by Crippen LogP contribution is -2.44. The molecule has 1 fully saturated rings. The first-order chi connectivity index (χ1) is 11.5. The van der Waals surface area contributed by atoms with E-state index in [-0.39, 0.29) is 10.6 Å². The molecule has 1 aliphatic rings. The van der Waals surface area contributed by atoms with Crippen molar-refractivity contribution in [3.05, 3.63) is 56.1 Å². The van der Waals surface area contributed by atoms with E-state index >= 15 is 0 Å². The molecule has 1 heterocycles. The maximum atomic E-state index is 11.2. The fourth-order valence-electron chi connectivity index (χ4n) is 2.74. The van der Waals surface area contributed by atoms with E-state index in [1.807, 2.05) is 18.2 Å². The molecular weight excluding hydrogens is 419 g/mol. The van der Waals surface area contributed by atoms with Crippen molar-refractivity contribution < 1.29 is 4.92 Å². The van der Waals surface area contributed by atoms with Crippen LogP contribution >= 0.6 is 22.6 Å². The van der Waals surface area contributed by atoms with Gasteiger partial charge in [-0.3, -0.25) is 10.1 Å². The Bertz CT molecular complexity index is 728. The van der Waals surface area contributed by atoms with Crippen LogP contribution < -0.4 is 10.2 Å². The van der Waals surface area contributed by atoms with Crippen LogP contribution in [-0.2, 0) is 0 Å². The van der Waals surface area contributed by atoms with Crippen LogP contribution in [0.2, 0.25) is 0 Å². The van der Waals surface area contributed by atoms with Gasteiger partial charge in [0.05, 0.1) is 4.92 Å². The van der Waals surface area contributed by atoms with E-state index in [4.69, 9.17) is 0 Å². The normalized spacial score (nSPS) is 15.3. The molecule has 0 aliphatic carbocycles. The second-order valence-corrected chi connectivity index (χ2v) is 7.13. The SMILES string of the molecule is CN1CCN(c2ccc(Nc3ccc(I)cc3[N+](=O)[O-])cc2)CC1. The zero-order chi connectivity index (χ0) is 17.1. The van der Waals surface area contributed by atoms with Crippen LogP contribution in [0.4, 0.5) is 22.7 Å². The molecule has 1 saturated heterocycles. The van der Waals surface area contributed by atoms with Gasteiger partial charge in [0, 0.05) is 47.2 Å². The summed E-state index contributed by atoms with van der Waals surface area (Å²) in [6.45, 7) is 4.17. The molecule has 0 atom stereocenters. The van der Waals surface area contributed by atoms with Gasteiger partial charge in [0.1, 0.15) is 5.69 Å². The zero-order valence-electron chi connectivity index (χ0n) is 13.4. The van der Waals surface area contributed by atoms with Gasteiger partial charge in [0.15, 0.2) is 0 Å². The average molecular weight is 438 g/mol. The molecule has 7 heteroatoms. The quantitative estimate of drug-likeness (QED) is 0.448. The smallest absolute Gasteiger partial charge is 0.293 e. The summed E-state index contributed by atoms with van der Waals surface area (Å²) in [6, 6.07) is 13.2. The first kappa shape index (κ1) is 17.0. The number of rotatable bonds is 4. The van der Waals surface area contributed by atoms with Gasteiger partial charge in [0.2, 0.25) is 0 Å². The molecule has 6 nitrogen and oxygen atoms in total. The molecule has 2 aromatic carbocycles. The number of nitrogens with one attached hydrogen (secondary N) is 1. The van der Waals surface area contributed by atoms with Gasteiger partial charge in [-0.1, -0.05) is 0 Å². The third-order valence-electron chi connectivity index (χ3n) is 4.17. The molecule has 2 aromatic rings. The number of piperazine rings is 1. The lowest BCUT2D eigenvalue weighted by molar-refractivity contribution is -0.384. The number of nitrogens with zero attached hydrogens (tertiary/aromatic N) is 3. The Labute approximate surface area is 154 Å². The van der Waals surface area contributed by atoms with Crippen molar-refractivity contribution in [3.63, 3.8) is 0 Å². The Balaban J connectivity index is 1.74. The second-order valence-electron chi connectivity index (χ2n) is 5.88. The molecule has 0 spiro atoms. The van der Waals surface area contributed by atoms with E-state index < -0.39 is 0 Å². The van der Waals surface area contributed by atoms with E-state index in [0.29, 0.717) is 5.69 Å². The minimum absolute atomic E-state index is 0.0880. The predicted molar refractivity (Wildman–Crippen MR) is 105 cm³/mol. The minimum atomic E-state index is -0.358. The molecule has 126 valence electrons. The van der Waals surface area contributed by atoms with Crippen LogP contribution in [0.15, 0.2) is 42.5 Å². The topological polar surface area (TPSA) is 61.6 Å². The van der Waals surface area contributed by atoms with Crippen molar-refractivity contribution in [1.82, 2.24) is 4.90 Å². The van der Waals surface area contributed by atoms with Crippen LogP contribution in [0, 0.1) is 13.7 Å². The molecule has 24 heavy (non-hydrogen) atoms. The number of nitro benzene ring substituents is 1. The second kappa shape index (κ2) is 7.35. The van der Waals surface area contributed by atoms with Gasteiger partial charge in [-0.05, 0) is 66.0 Å². The van der Waals surface area contributed by atoms with Gasteiger partial charge in [-0.2, -0.15) is 0 Å². The number of likely N-dealkylation sites (N-methyl/N-ethyl adjacent to an activating group) is 1. The van der Waals surface area contributed by atoms with Crippen molar-refractivity contribution in [1.29, 1.82) is 0 Å². The van der Waals surface area contributed by atoms with Crippen LogP contribution in [0.5, 0.6) is 0 Å². The highest BCUT2D eigenvalue weighted by molar-refractivity contribution is 14.1. The van der Waals surface area contributed by atoms with Crippen molar-refractivity contribution in [2.24, 2.45) is 0 Å². The standard InChI is InChI=1S/C17H19IN4O2/c1-20-8-10-21(11-9-20)15-5-3-14(4-6-15)19-16-7-2-13(18)12-17(16)22(23)24/h2-7,12,19H,8-11H2,1H3. The van der Waals surface area contributed by atoms with E-state index in [1.165, 1.54) is 5.69 Å². The number of benzene rings is 2. The summed E-state index contributed by atoms with van der Waals surface area (Å²) in [6.07, 6.45) is 0. The number of hydrogen-bond donors (Lipinski definition) is 1. The van der Waals surface area contributed by atoms with Gasteiger partial charge < -0.3 is 15.1 Å². The third kappa shape index (κ3) is 3.96. The maximum Gasteiger partial charge on any atom is 0.293 e. The summed E-state index contributed by atoms with van der Waals surface area (Å²) >= 11 is 2.08.